The average molecular weight is 518 g/mol. The summed E-state index contributed by atoms with van der Waals surface area (Å²) < 4.78 is 18.8. The van der Waals surface area contributed by atoms with Gasteiger partial charge in [0.05, 0.1) is 6.67 Å². The molecule has 0 saturated carbocycles. The lowest BCUT2D eigenvalue weighted by molar-refractivity contribution is 0.198. The summed E-state index contributed by atoms with van der Waals surface area (Å²) in [6.07, 6.45) is 1.72. The van der Waals surface area contributed by atoms with Gasteiger partial charge >= 0.3 is 0 Å². The molecule has 0 aliphatic carbocycles. The Labute approximate surface area is 224 Å². The molecule has 0 bridgehead atoms. The molecule has 3 nitrogen and oxygen atoms in total. The van der Waals surface area contributed by atoms with Crippen LogP contribution in [0.1, 0.15) is 55.9 Å². The topological polar surface area (TPSA) is 32.7 Å². The van der Waals surface area contributed by atoms with E-state index in [1.165, 1.54) is 22.3 Å². The fourth-order valence-electron chi connectivity index (χ4n) is 5.22. The van der Waals surface area contributed by atoms with Crippen LogP contribution in [0.15, 0.2) is 71.6 Å². The van der Waals surface area contributed by atoms with Gasteiger partial charge < -0.3 is 9.84 Å². The van der Waals surface area contributed by atoms with Crippen LogP contribution < -0.4 is 4.74 Å². The van der Waals surface area contributed by atoms with Crippen LogP contribution in [0.4, 0.5) is 4.39 Å². The third kappa shape index (κ3) is 5.89. The molecule has 194 valence electrons. The van der Waals surface area contributed by atoms with E-state index in [1.54, 1.807) is 17.8 Å². The number of fused-ring (bicyclic) bond motifs is 1. The van der Waals surface area contributed by atoms with Crippen LogP contribution in [0.5, 0.6) is 11.5 Å². The Bertz CT molecular complexity index is 1260. The smallest absolute Gasteiger partial charge is 0.119 e. The van der Waals surface area contributed by atoms with Gasteiger partial charge in [-0.1, -0.05) is 57.2 Å². The largest absolute Gasteiger partial charge is 0.508 e. The first-order valence-corrected chi connectivity index (χ1v) is 14.2. The van der Waals surface area contributed by atoms with Crippen LogP contribution in [0.2, 0.25) is 0 Å². The van der Waals surface area contributed by atoms with E-state index in [2.05, 4.69) is 74.2 Å². The Morgan fingerprint density at radius 3 is 2.43 bits per heavy atom. The molecule has 37 heavy (non-hydrogen) atoms. The number of hydrogen-bond acceptors (Lipinski definition) is 4. The molecule has 0 radical (unpaired) electrons. The van der Waals surface area contributed by atoms with E-state index < -0.39 is 0 Å². The number of likely N-dealkylation sites (tertiary alicyclic amines) is 1. The number of alkyl halides is 1. The molecule has 0 amide bonds. The highest BCUT2D eigenvalue weighted by molar-refractivity contribution is 7.99. The summed E-state index contributed by atoms with van der Waals surface area (Å²) in [7, 11) is 0. The minimum atomic E-state index is -0.261. The van der Waals surface area contributed by atoms with Crippen molar-refractivity contribution in [1.29, 1.82) is 0 Å². The number of benzene rings is 3. The molecule has 0 aromatic heterocycles. The monoisotopic (exact) mass is 517 g/mol. The van der Waals surface area contributed by atoms with Gasteiger partial charge in [-0.2, -0.15) is 0 Å². The number of rotatable bonds is 7. The Morgan fingerprint density at radius 2 is 1.73 bits per heavy atom. The van der Waals surface area contributed by atoms with Gasteiger partial charge in [-0.25, -0.2) is 0 Å². The van der Waals surface area contributed by atoms with E-state index in [4.69, 9.17) is 4.74 Å². The molecule has 1 atom stereocenters. The second-order valence-electron chi connectivity index (χ2n) is 11.0. The fourth-order valence-corrected chi connectivity index (χ4v) is 6.36. The number of phenols is 1. The van der Waals surface area contributed by atoms with Crippen LogP contribution >= 0.6 is 11.8 Å². The maximum absolute atomic E-state index is 12.5. The summed E-state index contributed by atoms with van der Waals surface area (Å²) in [6, 6.07) is 23.1. The van der Waals surface area contributed by atoms with Crippen molar-refractivity contribution in [1.82, 2.24) is 4.90 Å². The molecule has 5 heteroatoms. The Kier molecular flexibility index (Phi) is 7.64. The quantitative estimate of drug-likeness (QED) is 0.350. The summed E-state index contributed by atoms with van der Waals surface area (Å²) >= 11 is 1.77. The van der Waals surface area contributed by atoms with Crippen LogP contribution in [-0.4, -0.2) is 48.2 Å². The minimum Gasteiger partial charge on any atom is -0.508 e. The number of phenolic OH excluding ortho intramolecular Hbond substituents is 1. The third-order valence-corrected chi connectivity index (χ3v) is 8.37. The van der Waals surface area contributed by atoms with Gasteiger partial charge in [0.15, 0.2) is 0 Å². The van der Waals surface area contributed by atoms with Gasteiger partial charge in [-0.15, -0.1) is 11.8 Å². The lowest BCUT2D eigenvalue weighted by Crippen LogP contribution is -2.26. The molecule has 3 aromatic rings. The first-order valence-electron chi connectivity index (χ1n) is 13.2. The molecule has 1 fully saturated rings. The minimum absolute atomic E-state index is 0.112. The normalized spacial score (nSPS) is 18.2. The van der Waals surface area contributed by atoms with E-state index in [-0.39, 0.29) is 18.2 Å². The zero-order valence-corrected chi connectivity index (χ0v) is 22.8. The van der Waals surface area contributed by atoms with E-state index in [9.17, 15) is 9.50 Å². The standard InChI is InChI=1S/C32H36FNO2S/c1-32(2,3)24-9-5-22(6-10-24)29-21-37-30-19-25(35)11-14-28(30)31(29)23-7-12-26(13-8-23)36-27-15-18-34(20-27)17-4-16-33/h5-14,19,27,35H,4,15-18,20-21H2,1-3H3/t27-/m0/s1. The molecule has 0 spiro atoms. The molecule has 2 heterocycles. The Morgan fingerprint density at radius 1 is 1.00 bits per heavy atom. The molecule has 0 unspecified atom stereocenters. The molecule has 2 aliphatic rings. The van der Waals surface area contributed by atoms with E-state index in [1.807, 2.05) is 12.1 Å². The molecule has 1 N–H and O–H groups in total. The average Bonchev–Trinajstić information content (AvgIpc) is 3.34. The number of hydrogen-bond donors (Lipinski definition) is 1. The van der Waals surface area contributed by atoms with Gasteiger partial charge in [0, 0.05) is 30.3 Å². The first-order chi connectivity index (χ1) is 17.8. The zero-order valence-electron chi connectivity index (χ0n) is 22.0. The molecular weight excluding hydrogens is 481 g/mol. The molecule has 3 aromatic carbocycles. The SMILES string of the molecule is CC(C)(C)c1ccc(C2=C(c3ccc(O[C@H]4CCN(CCCF)C4)cc3)c3ccc(O)cc3SC2)cc1. The van der Waals surface area contributed by atoms with Gasteiger partial charge in [-0.05, 0) is 82.0 Å². The first kappa shape index (κ1) is 25.9. The van der Waals surface area contributed by atoms with Gasteiger partial charge in [0.1, 0.15) is 17.6 Å². The highest BCUT2D eigenvalue weighted by Crippen LogP contribution is 2.45. The molecule has 2 aliphatic heterocycles. The van der Waals surface area contributed by atoms with Crippen molar-refractivity contribution in [2.24, 2.45) is 0 Å². The highest BCUT2D eigenvalue weighted by Gasteiger charge is 2.25. The maximum Gasteiger partial charge on any atom is 0.119 e. The van der Waals surface area contributed by atoms with Crippen LogP contribution in [0.25, 0.3) is 11.1 Å². The van der Waals surface area contributed by atoms with Crippen molar-refractivity contribution in [2.45, 2.75) is 50.0 Å². The van der Waals surface area contributed by atoms with Crippen molar-refractivity contribution in [3.63, 3.8) is 0 Å². The molecule has 1 saturated heterocycles. The van der Waals surface area contributed by atoms with Gasteiger partial charge in [0.2, 0.25) is 0 Å². The lowest BCUT2D eigenvalue weighted by Gasteiger charge is -2.25. The molecular formula is C32H36FNO2S. The van der Waals surface area contributed by atoms with Crippen molar-refractivity contribution in [2.75, 3.05) is 32.1 Å². The summed E-state index contributed by atoms with van der Waals surface area (Å²) in [4.78, 5) is 3.39. The zero-order chi connectivity index (χ0) is 26.0. The number of thioether (sulfide) groups is 1. The number of ether oxygens (including phenoxy) is 1. The summed E-state index contributed by atoms with van der Waals surface area (Å²) in [5, 5.41) is 10.1. The van der Waals surface area contributed by atoms with Gasteiger partial charge in [0.25, 0.3) is 0 Å². The second-order valence-corrected chi connectivity index (χ2v) is 12.1. The number of aromatic hydroxyl groups is 1. The summed E-state index contributed by atoms with van der Waals surface area (Å²) in [5.41, 5.74) is 7.47. The van der Waals surface area contributed by atoms with Crippen molar-refractivity contribution in [3.05, 3.63) is 89.0 Å². The lowest BCUT2D eigenvalue weighted by atomic mass is 9.85. The van der Waals surface area contributed by atoms with Crippen molar-refractivity contribution >= 4 is 22.9 Å². The van der Waals surface area contributed by atoms with Crippen molar-refractivity contribution < 1.29 is 14.2 Å². The predicted octanol–water partition coefficient (Wildman–Crippen LogP) is 7.57. The number of halogens is 1. The number of nitrogens with zero attached hydrogens (tertiary/aromatic N) is 1. The third-order valence-electron chi connectivity index (χ3n) is 7.29. The summed E-state index contributed by atoms with van der Waals surface area (Å²) in [6.45, 7) is 9.08. The van der Waals surface area contributed by atoms with Gasteiger partial charge in [-0.3, -0.25) is 9.29 Å². The second kappa shape index (κ2) is 10.9. The van der Waals surface area contributed by atoms with E-state index >= 15 is 0 Å². The Balaban J connectivity index is 1.45. The predicted molar refractivity (Wildman–Crippen MR) is 152 cm³/mol. The van der Waals surface area contributed by atoms with Crippen LogP contribution in [0.3, 0.4) is 0 Å². The fraction of sp³-hybridized carbons (Fsp3) is 0.375. The van der Waals surface area contributed by atoms with Crippen molar-refractivity contribution in [3.8, 4) is 11.5 Å². The molecule has 5 rings (SSSR count). The Hall–Kier alpha value is -2.76. The van der Waals surface area contributed by atoms with E-state index in [0.717, 1.165) is 53.6 Å². The maximum atomic E-state index is 12.5. The van der Waals surface area contributed by atoms with Crippen LogP contribution in [-0.2, 0) is 5.41 Å². The van der Waals surface area contributed by atoms with Crippen LogP contribution in [0, 0.1) is 0 Å². The van der Waals surface area contributed by atoms with E-state index in [0.29, 0.717) is 12.2 Å². The summed E-state index contributed by atoms with van der Waals surface area (Å²) in [5.74, 6) is 2.01. The highest BCUT2D eigenvalue weighted by atomic mass is 32.2.